The van der Waals surface area contributed by atoms with Crippen molar-refractivity contribution in [1.29, 1.82) is 0 Å². The van der Waals surface area contributed by atoms with Crippen molar-refractivity contribution in [2.24, 2.45) is 11.7 Å². The minimum atomic E-state index is -4.13. The average Bonchev–Trinajstić information content (AvgIpc) is 2.96. The molecular weight excluding hydrogens is 257 g/mol. The van der Waals surface area contributed by atoms with Crippen molar-refractivity contribution in [2.75, 3.05) is 13.1 Å². The molecule has 1 saturated heterocycles. The van der Waals surface area contributed by atoms with Crippen LogP contribution in [-0.2, 0) is 4.79 Å². The Morgan fingerprint density at radius 2 is 1.71 bits per heavy atom. The molecule has 0 spiro atoms. The van der Waals surface area contributed by atoms with Crippen LogP contribution in [0.3, 0.4) is 0 Å². The highest BCUT2D eigenvalue weighted by molar-refractivity contribution is 5.89. The molecule has 1 amide bonds. The Hall–Kier alpha value is -0.490. The van der Waals surface area contributed by atoms with E-state index >= 15 is 0 Å². The van der Waals surface area contributed by atoms with E-state index in [1.54, 1.807) is 0 Å². The topological polar surface area (TPSA) is 46.3 Å². The van der Waals surface area contributed by atoms with Gasteiger partial charge in [-0.2, -0.15) is 13.2 Å². The first kappa shape index (κ1) is 14.6. The minimum Gasteiger partial charge on any atom is -0.341 e. The van der Waals surface area contributed by atoms with Gasteiger partial charge in [-0.25, -0.2) is 0 Å². The van der Waals surface area contributed by atoms with E-state index in [9.17, 15) is 18.0 Å². The number of halogens is 4. The van der Waals surface area contributed by atoms with Crippen LogP contribution in [-0.4, -0.2) is 35.6 Å². The van der Waals surface area contributed by atoms with Gasteiger partial charge in [0.05, 0.1) is 11.5 Å². The summed E-state index contributed by atoms with van der Waals surface area (Å²) in [6.07, 6.45) is -2.80. The molecule has 1 heterocycles. The second kappa shape index (κ2) is 4.65. The Labute approximate surface area is 104 Å². The van der Waals surface area contributed by atoms with Crippen LogP contribution in [0.1, 0.15) is 25.7 Å². The van der Waals surface area contributed by atoms with Gasteiger partial charge in [0.2, 0.25) is 5.91 Å². The van der Waals surface area contributed by atoms with E-state index in [2.05, 4.69) is 0 Å². The van der Waals surface area contributed by atoms with Crippen LogP contribution in [0.4, 0.5) is 13.2 Å². The van der Waals surface area contributed by atoms with E-state index in [0.29, 0.717) is 12.8 Å². The van der Waals surface area contributed by atoms with Gasteiger partial charge in [0, 0.05) is 13.1 Å². The lowest BCUT2D eigenvalue weighted by Crippen LogP contribution is -2.50. The summed E-state index contributed by atoms with van der Waals surface area (Å²) in [7, 11) is 0. The molecule has 1 saturated carbocycles. The SMILES string of the molecule is Cl.NC1(C(=O)N2CCC(C(F)(F)F)CC2)CC1. The maximum atomic E-state index is 12.4. The normalized spacial score (nSPS) is 24.1. The molecule has 100 valence electrons. The molecule has 2 rings (SSSR count). The van der Waals surface area contributed by atoms with E-state index in [1.165, 1.54) is 4.90 Å². The van der Waals surface area contributed by atoms with Gasteiger partial charge >= 0.3 is 6.18 Å². The summed E-state index contributed by atoms with van der Waals surface area (Å²) in [6.45, 7) is 0.365. The monoisotopic (exact) mass is 272 g/mol. The van der Waals surface area contributed by atoms with E-state index < -0.39 is 17.6 Å². The molecule has 1 aliphatic heterocycles. The Morgan fingerprint density at radius 1 is 1.24 bits per heavy atom. The van der Waals surface area contributed by atoms with Gasteiger partial charge < -0.3 is 10.6 Å². The smallest absolute Gasteiger partial charge is 0.341 e. The lowest BCUT2D eigenvalue weighted by Gasteiger charge is -2.34. The molecule has 2 N–H and O–H groups in total. The molecule has 0 bridgehead atoms. The first-order valence-corrected chi connectivity index (χ1v) is 5.48. The molecule has 0 aromatic heterocycles. The number of amides is 1. The number of rotatable bonds is 1. The molecule has 2 fully saturated rings. The third-order valence-electron chi connectivity index (χ3n) is 3.46. The maximum Gasteiger partial charge on any atom is 0.391 e. The molecule has 17 heavy (non-hydrogen) atoms. The van der Waals surface area contributed by atoms with Crippen molar-refractivity contribution in [1.82, 2.24) is 4.90 Å². The number of carbonyl (C=O) groups excluding carboxylic acids is 1. The third kappa shape index (κ3) is 3.04. The van der Waals surface area contributed by atoms with Gasteiger partial charge in [-0.05, 0) is 25.7 Å². The molecular formula is C10H16ClF3N2O. The predicted octanol–water partition coefficient (Wildman–Crippen LogP) is 1.70. The Balaban J connectivity index is 0.00000144. The molecule has 7 heteroatoms. The molecule has 2 aliphatic rings. The summed E-state index contributed by atoms with van der Waals surface area (Å²) in [5.74, 6) is -1.43. The molecule has 0 unspecified atom stereocenters. The number of piperidine rings is 1. The average molecular weight is 273 g/mol. The first-order valence-electron chi connectivity index (χ1n) is 5.48. The van der Waals surface area contributed by atoms with Crippen molar-refractivity contribution in [3.05, 3.63) is 0 Å². The third-order valence-corrected chi connectivity index (χ3v) is 3.46. The second-order valence-electron chi connectivity index (χ2n) is 4.76. The van der Waals surface area contributed by atoms with Gasteiger partial charge in [0.25, 0.3) is 0 Å². The zero-order valence-electron chi connectivity index (χ0n) is 9.29. The Morgan fingerprint density at radius 3 is 2.06 bits per heavy atom. The van der Waals surface area contributed by atoms with E-state index in [0.717, 1.165) is 0 Å². The molecule has 0 aromatic rings. The fourth-order valence-electron chi connectivity index (χ4n) is 2.07. The van der Waals surface area contributed by atoms with Crippen LogP contribution in [0.15, 0.2) is 0 Å². The predicted molar refractivity (Wildman–Crippen MR) is 58.8 cm³/mol. The number of carbonyl (C=O) groups is 1. The number of likely N-dealkylation sites (tertiary alicyclic amines) is 1. The molecule has 1 aliphatic carbocycles. The standard InChI is InChI=1S/C10H15F3N2O.ClH/c11-10(12,13)7-1-5-15(6-2-7)8(16)9(14)3-4-9;/h7H,1-6,14H2;1H. The summed E-state index contributed by atoms with van der Waals surface area (Å²) in [5.41, 5.74) is 4.97. The highest BCUT2D eigenvalue weighted by atomic mass is 35.5. The van der Waals surface area contributed by atoms with Crippen LogP contribution in [0.2, 0.25) is 0 Å². The number of alkyl halides is 3. The summed E-state index contributed by atoms with van der Waals surface area (Å²) < 4.78 is 37.2. The Bertz CT molecular complexity index is 296. The second-order valence-corrected chi connectivity index (χ2v) is 4.76. The number of nitrogens with two attached hydrogens (primary N) is 1. The van der Waals surface area contributed by atoms with Gasteiger partial charge in [0.1, 0.15) is 0 Å². The van der Waals surface area contributed by atoms with Crippen molar-refractivity contribution in [3.63, 3.8) is 0 Å². The van der Waals surface area contributed by atoms with Gasteiger partial charge in [-0.1, -0.05) is 0 Å². The molecule has 0 aromatic carbocycles. The van der Waals surface area contributed by atoms with Gasteiger partial charge in [-0.15, -0.1) is 12.4 Å². The van der Waals surface area contributed by atoms with E-state index in [-0.39, 0.29) is 44.2 Å². The fourth-order valence-corrected chi connectivity index (χ4v) is 2.07. The largest absolute Gasteiger partial charge is 0.391 e. The van der Waals surface area contributed by atoms with Crippen molar-refractivity contribution in [2.45, 2.75) is 37.4 Å². The van der Waals surface area contributed by atoms with Crippen molar-refractivity contribution < 1.29 is 18.0 Å². The molecule has 3 nitrogen and oxygen atoms in total. The maximum absolute atomic E-state index is 12.4. The summed E-state index contributed by atoms with van der Waals surface area (Å²) in [4.78, 5) is 13.2. The molecule has 0 atom stereocenters. The van der Waals surface area contributed by atoms with E-state index in [4.69, 9.17) is 5.73 Å². The lowest BCUT2D eigenvalue weighted by molar-refractivity contribution is -0.186. The summed E-state index contributed by atoms with van der Waals surface area (Å²) in [5, 5.41) is 0. The highest BCUT2D eigenvalue weighted by Gasteiger charge is 2.50. The van der Waals surface area contributed by atoms with Crippen molar-refractivity contribution >= 4 is 18.3 Å². The zero-order valence-corrected chi connectivity index (χ0v) is 10.1. The van der Waals surface area contributed by atoms with Crippen LogP contribution < -0.4 is 5.73 Å². The number of nitrogens with zero attached hydrogens (tertiary/aromatic N) is 1. The zero-order chi connectivity index (χ0) is 12.0. The van der Waals surface area contributed by atoms with Crippen LogP contribution in [0.5, 0.6) is 0 Å². The number of hydrogen-bond acceptors (Lipinski definition) is 2. The lowest BCUT2D eigenvalue weighted by atomic mass is 9.96. The van der Waals surface area contributed by atoms with Crippen LogP contribution in [0, 0.1) is 5.92 Å². The molecule has 0 radical (unpaired) electrons. The summed E-state index contributed by atoms with van der Waals surface area (Å²) in [6, 6.07) is 0. The first-order chi connectivity index (χ1) is 7.33. The number of hydrogen-bond donors (Lipinski definition) is 1. The van der Waals surface area contributed by atoms with Crippen molar-refractivity contribution in [3.8, 4) is 0 Å². The summed E-state index contributed by atoms with van der Waals surface area (Å²) >= 11 is 0. The Kier molecular flexibility index (Phi) is 3.98. The van der Waals surface area contributed by atoms with Gasteiger partial charge in [0.15, 0.2) is 0 Å². The van der Waals surface area contributed by atoms with E-state index in [1.807, 2.05) is 0 Å². The van der Waals surface area contributed by atoms with Crippen LogP contribution in [0.25, 0.3) is 0 Å². The van der Waals surface area contributed by atoms with Gasteiger partial charge in [-0.3, -0.25) is 4.79 Å². The minimum absolute atomic E-state index is 0. The van der Waals surface area contributed by atoms with Crippen LogP contribution >= 0.6 is 12.4 Å². The highest BCUT2D eigenvalue weighted by Crippen LogP contribution is 2.38. The fraction of sp³-hybridized carbons (Fsp3) is 0.900. The quantitative estimate of drug-likeness (QED) is 0.790.